The Morgan fingerprint density at radius 3 is 2.33 bits per heavy atom. The lowest BCUT2D eigenvalue weighted by Gasteiger charge is -2.46. The van der Waals surface area contributed by atoms with Gasteiger partial charge in [-0.3, -0.25) is 0 Å². The molecule has 2 rings (SSSR count). The number of hydrogen-bond acceptors (Lipinski definition) is 0. The molecule has 0 aliphatic heterocycles. The van der Waals surface area contributed by atoms with E-state index in [0.29, 0.717) is 5.92 Å². The monoisotopic (exact) mass is 324 g/mol. The van der Waals surface area contributed by atoms with Crippen molar-refractivity contribution < 1.29 is 0 Å². The second-order valence-corrected chi connectivity index (χ2v) is 7.50. The summed E-state index contributed by atoms with van der Waals surface area (Å²) in [5.41, 5.74) is 6.19. The molecule has 0 bridgehead atoms. The Kier molecular flexibility index (Phi) is 6.49. The number of allylic oxidation sites excluding steroid dienone is 9. The molecule has 0 aromatic heterocycles. The molecule has 0 heterocycles. The van der Waals surface area contributed by atoms with E-state index in [-0.39, 0.29) is 5.41 Å². The van der Waals surface area contributed by atoms with Gasteiger partial charge in [0.15, 0.2) is 0 Å². The fraction of sp³-hybridized carbons (Fsp3) is 0.583. The standard InChI is InChI=1S/C24H36/c1-7-11-22-19(8-2)16-17-23(24(22,9-3)10-4)21-14-12-20(13-15-21)18(5)6/h11-14,17,19,21H,5,7-10,15-16H2,1-4,6H3/b22-11+. The maximum Gasteiger partial charge on any atom is 0.0124 e. The molecule has 2 aliphatic rings. The zero-order chi connectivity index (χ0) is 17.7. The lowest BCUT2D eigenvalue weighted by atomic mass is 9.58. The molecule has 24 heavy (non-hydrogen) atoms. The average Bonchev–Trinajstić information content (AvgIpc) is 2.61. The molecule has 132 valence electrons. The van der Waals surface area contributed by atoms with Gasteiger partial charge < -0.3 is 0 Å². The predicted molar refractivity (Wildman–Crippen MR) is 108 cm³/mol. The molecule has 0 aromatic carbocycles. The number of rotatable bonds is 6. The molecule has 0 amide bonds. The van der Waals surface area contributed by atoms with Crippen molar-refractivity contribution in [2.45, 2.75) is 73.1 Å². The van der Waals surface area contributed by atoms with Crippen LogP contribution < -0.4 is 0 Å². The first-order valence-electron chi connectivity index (χ1n) is 9.99. The average molecular weight is 325 g/mol. The van der Waals surface area contributed by atoms with Crippen molar-refractivity contribution in [3.8, 4) is 0 Å². The van der Waals surface area contributed by atoms with E-state index in [2.05, 4.69) is 71.6 Å². The van der Waals surface area contributed by atoms with Crippen LogP contribution in [-0.2, 0) is 0 Å². The van der Waals surface area contributed by atoms with E-state index in [0.717, 1.165) is 18.8 Å². The molecular weight excluding hydrogens is 288 g/mol. The topological polar surface area (TPSA) is 0 Å². The maximum atomic E-state index is 4.09. The van der Waals surface area contributed by atoms with Crippen molar-refractivity contribution in [1.29, 1.82) is 0 Å². The second-order valence-electron chi connectivity index (χ2n) is 7.50. The van der Waals surface area contributed by atoms with Crippen molar-refractivity contribution in [2.24, 2.45) is 17.3 Å². The second kappa shape index (κ2) is 8.19. The van der Waals surface area contributed by atoms with Crippen molar-refractivity contribution in [1.82, 2.24) is 0 Å². The highest BCUT2D eigenvalue weighted by Gasteiger charge is 2.42. The van der Waals surface area contributed by atoms with Crippen LogP contribution in [-0.4, -0.2) is 0 Å². The molecule has 0 saturated heterocycles. The molecule has 0 fully saturated rings. The minimum atomic E-state index is 0.276. The fourth-order valence-corrected chi connectivity index (χ4v) is 4.86. The molecule has 0 nitrogen and oxygen atoms in total. The summed E-state index contributed by atoms with van der Waals surface area (Å²) in [6, 6.07) is 0. The third-order valence-corrected chi connectivity index (χ3v) is 6.28. The van der Waals surface area contributed by atoms with E-state index in [9.17, 15) is 0 Å². The highest BCUT2D eigenvalue weighted by molar-refractivity contribution is 5.44. The summed E-state index contributed by atoms with van der Waals surface area (Å²) in [5.74, 6) is 1.30. The van der Waals surface area contributed by atoms with Crippen molar-refractivity contribution in [3.05, 3.63) is 59.3 Å². The molecule has 0 aromatic rings. The minimum absolute atomic E-state index is 0.276. The Balaban J connectivity index is 2.42. The van der Waals surface area contributed by atoms with E-state index in [1.54, 1.807) is 11.1 Å². The van der Waals surface area contributed by atoms with Crippen LogP contribution in [0.5, 0.6) is 0 Å². The fourth-order valence-electron chi connectivity index (χ4n) is 4.86. The molecule has 2 unspecified atom stereocenters. The maximum absolute atomic E-state index is 4.09. The van der Waals surface area contributed by atoms with E-state index in [1.165, 1.54) is 36.8 Å². The van der Waals surface area contributed by atoms with Crippen LogP contribution in [0.2, 0.25) is 0 Å². The first-order valence-corrected chi connectivity index (χ1v) is 9.99. The Morgan fingerprint density at radius 1 is 1.17 bits per heavy atom. The van der Waals surface area contributed by atoms with Gasteiger partial charge in [0.25, 0.3) is 0 Å². The first-order chi connectivity index (χ1) is 11.5. The van der Waals surface area contributed by atoms with Gasteiger partial charge in [0.2, 0.25) is 0 Å². The van der Waals surface area contributed by atoms with Gasteiger partial charge in [0.05, 0.1) is 0 Å². The van der Waals surface area contributed by atoms with Gasteiger partial charge >= 0.3 is 0 Å². The molecule has 0 N–H and O–H groups in total. The van der Waals surface area contributed by atoms with Crippen LogP contribution in [0.4, 0.5) is 0 Å². The SMILES string of the molecule is C=C(C)C1=CCC(C2=CCC(CC)/C(=C\CC)C2(CC)CC)C=C1. The van der Waals surface area contributed by atoms with Crippen LogP contribution in [0.25, 0.3) is 0 Å². The van der Waals surface area contributed by atoms with Crippen LogP contribution in [0.15, 0.2) is 59.3 Å². The van der Waals surface area contributed by atoms with Crippen LogP contribution in [0.1, 0.15) is 73.1 Å². The van der Waals surface area contributed by atoms with Gasteiger partial charge in [-0.05, 0) is 56.9 Å². The third-order valence-electron chi connectivity index (χ3n) is 6.28. The van der Waals surface area contributed by atoms with Gasteiger partial charge in [-0.2, -0.15) is 0 Å². The van der Waals surface area contributed by atoms with Crippen molar-refractivity contribution in [3.63, 3.8) is 0 Å². The summed E-state index contributed by atoms with van der Waals surface area (Å²) in [6.07, 6.45) is 19.5. The predicted octanol–water partition coefficient (Wildman–Crippen LogP) is 7.56. The molecule has 0 saturated carbocycles. The van der Waals surface area contributed by atoms with Gasteiger partial charge in [0, 0.05) is 11.3 Å². The van der Waals surface area contributed by atoms with Crippen molar-refractivity contribution >= 4 is 0 Å². The van der Waals surface area contributed by atoms with Crippen LogP contribution in [0, 0.1) is 17.3 Å². The molecule has 0 radical (unpaired) electrons. The molecule has 2 aliphatic carbocycles. The van der Waals surface area contributed by atoms with E-state index < -0.39 is 0 Å². The molecule has 0 spiro atoms. The van der Waals surface area contributed by atoms with E-state index in [4.69, 9.17) is 0 Å². The summed E-state index contributed by atoms with van der Waals surface area (Å²) >= 11 is 0. The van der Waals surface area contributed by atoms with E-state index >= 15 is 0 Å². The number of hydrogen-bond donors (Lipinski definition) is 0. The van der Waals surface area contributed by atoms with Crippen LogP contribution >= 0.6 is 0 Å². The third kappa shape index (κ3) is 3.39. The molecular formula is C24H36. The van der Waals surface area contributed by atoms with E-state index in [1.807, 2.05) is 0 Å². The Bertz CT molecular complexity index is 575. The Hall–Kier alpha value is -1.30. The smallest absolute Gasteiger partial charge is 0.0124 e. The molecule has 0 heteroatoms. The minimum Gasteiger partial charge on any atom is -0.0955 e. The van der Waals surface area contributed by atoms with Gasteiger partial charge in [0.1, 0.15) is 0 Å². The highest BCUT2D eigenvalue weighted by Crippen LogP contribution is 2.54. The van der Waals surface area contributed by atoms with Gasteiger partial charge in [-0.15, -0.1) is 0 Å². The van der Waals surface area contributed by atoms with Gasteiger partial charge in [-0.1, -0.05) is 81.4 Å². The highest BCUT2D eigenvalue weighted by atomic mass is 14.5. The Morgan fingerprint density at radius 2 is 1.88 bits per heavy atom. The van der Waals surface area contributed by atoms with Crippen molar-refractivity contribution in [2.75, 3.05) is 0 Å². The summed E-state index contributed by atoms with van der Waals surface area (Å²) in [7, 11) is 0. The largest absolute Gasteiger partial charge is 0.0955 e. The summed E-state index contributed by atoms with van der Waals surface area (Å²) in [4.78, 5) is 0. The molecule has 2 atom stereocenters. The lowest BCUT2D eigenvalue weighted by Crippen LogP contribution is -2.35. The zero-order valence-corrected chi connectivity index (χ0v) is 16.5. The quantitative estimate of drug-likeness (QED) is 0.442. The van der Waals surface area contributed by atoms with Crippen LogP contribution in [0.3, 0.4) is 0 Å². The zero-order valence-electron chi connectivity index (χ0n) is 16.5. The normalized spacial score (nSPS) is 27.8. The summed E-state index contributed by atoms with van der Waals surface area (Å²) in [5, 5.41) is 0. The summed E-state index contributed by atoms with van der Waals surface area (Å²) < 4.78 is 0. The van der Waals surface area contributed by atoms with Gasteiger partial charge in [-0.25, -0.2) is 0 Å². The summed E-state index contributed by atoms with van der Waals surface area (Å²) in [6.45, 7) is 15.6. The Labute approximate surface area is 150 Å². The lowest BCUT2D eigenvalue weighted by molar-refractivity contribution is 0.302. The first kappa shape index (κ1) is 19.0.